The molecule has 0 unspecified atom stereocenters. The lowest BCUT2D eigenvalue weighted by Gasteiger charge is -2.26. The van der Waals surface area contributed by atoms with Gasteiger partial charge in [-0.05, 0) is 6.07 Å². The van der Waals surface area contributed by atoms with Crippen molar-refractivity contribution in [2.24, 2.45) is 0 Å². The maximum absolute atomic E-state index is 12.3. The Bertz CT molecular complexity index is 650. The van der Waals surface area contributed by atoms with Crippen LogP contribution in [0.1, 0.15) is 22.1 Å². The molecule has 110 valence electrons. The molecule has 0 atom stereocenters. The molecule has 1 aromatic heterocycles. The number of phenolic OH excluding ortho intramolecular Hbond substituents is 1. The van der Waals surface area contributed by atoms with Gasteiger partial charge in [-0.2, -0.15) is 0 Å². The first-order valence-electron chi connectivity index (χ1n) is 6.80. The van der Waals surface area contributed by atoms with E-state index in [0.717, 1.165) is 13.1 Å². The van der Waals surface area contributed by atoms with Gasteiger partial charge in [-0.1, -0.05) is 23.4 Å². The molecule has 1 fully saturated rings. The number of hydrogen-bond acceptors (Lipinski definition) is 5. The van der Waals surface area contributed by atoms with Crippen molar-refractivity contribution in [1.29, 1.82) is 0 Å². The molecule has 1 amide bonds. The molecule has 3 rings (SSSR count). The topological polar surface area (TPSA) is 83.3 Å². The SMILES string of the molecule is CN(Cc1ccccc1O)C(=O)c1cn(C2CNC2)nn1. The molecule has 1 aliphatic heterocycles. The average Bonchev–Trinajstić information content (AvgIpc) is 2.87. The van der Waals surface area contributed by atoms with E-state index in [9.17, 15) is 9.90 Å². The molecule has 0 saturated carbocycles. The highest BCUT2D eigenvalue weighted by molar-refractivity contribution is 5.91. The molecule has 2 N–H and O–H groups in total. The Hall–Kier alpha value is -2.41. The summed E-state index contributed by atoms with van der Waals surface area (Å²) in [5.41, 5.74) is 1.02. The van der Waals surface area contributed by atoms with Crippen molar-refractivity contribution >= 4 is 5.91 Å². The van der Waals surface area contributed by atoms with E-state index in [1.165, 1.54) is 4.90 Å². The molecular weight excluding hydrogens is 270 g/mol. The maximum atomic E-state index is 12.3. The zero-order valence-electron chi connectivity index (χ0n) is 11.7. The van der Waals surface area contributed by atoms with Gasteiger partial charge in [0.25, 0.3) is 5.91 Å². The van der Waals surface area contributed by atoms with Gasteiger partial charge in [-0.15, -0.1) is 5.10 Å². The van der Waals surface area contributed by atoms with E-state index >= 15 is 0 Å². The largest absolute Gasteiger partial charge is 0.508 e. The van der Waals surface area contributed by atoms with E-state index in [-0.39, 0.29) is 17.7 Å². The molecule has 2 heterocycles. The van der Waals surface area contributed by atoms with E-state index in [1.807, 2.05) is 6.07 Å². The predicted octanol–water partition coefficient (Wildman–Crippen LogP) is 0.400. The first kappa shape index (κ1) is 13.6. The molecule has 0 radical (unpaired) electrons. The molecule has 0 aliphatic carbocycles. The van der Waals surface area contributed by atoms with Crippen molar-refractivity contribution in [3.05, 3.63) is 41.7 Å². The summed E-state index contributed by atoms with van der Waals surface area (Å²) in [7, 11) is 1.68. The molecular formula is C14H17N5O2. The molecule has 1 aromatic carbocycles. The fourth-order valence-corrected chi connectivity index (χ4v) is 2.18. The highest BCUT2D eigenvalue weighted by atomic mass is 16.3. The Morgan fingerprint density at radius 2 is 2.24 bits per heavy atom. The van der Waals surface area contributed by atoms with Crippen LogP contribution in [-0.4, -0.2) is 51.0 Å². The maximum Gasteiger partial charge on any atom is 0.276 e. The van der Waals surface area contributed by atoms with Crippen LogP contribution < -0.4 is 5.32 Å². The van der Waals surface area contributed by atoms with Crippen molar-refractivity contribution in [2.45, 2.75) is 12.6 Å². The molecule has 0 bridgehead atoms. The number of benzene rings is 1. The Kier molecular flexibility index (Phi) is 3.57. The molecule has 1 aliphatic rings. The number of aromatic nitrogens is 3. The molecule has 0 spiro atoms. The first-order valence-corrected chi connectivity index (χ1v) is 6.80. The van der Waals surface area contributed by atoms with Crippen LogP contribution in [0.2, 0.25) is 0 Å². The number of phenols is 1. The van der Waals surface area contributed by atoms with Crippen molar-refractivity contribution in [2.75, 3.05) is 20.1 Å². The van der Waals surface area contributed by atoms with E-state index in [4.69, 9.17) is 0 Å². The quantitative estimate of drug-likeness (QED) is 0.850. The third-order valence-electron chi connectivity index (χ3n) is 3.61. The van der Waals surface area contributed by atoms with Gasteiger partial charge in [-0.25, -0.2) is 4.68 Å². The van der Waals surface area contributed by atoms with Crippen LogP contribution in [0, 0.1) is 0 Å². The number of hydrogen-bond donors (Lipinski definition) is 2. The minimum atomic E-state index is -0.211. The Balaban J connectivity index is 1.69. The number of nitrogens with one attached hydrogen (secondary N) is 1. The van der Waals surface area contributed by atoms with Crippen LogP contribution in [0.4, 0.5) is 0 Å². The monoisotopic (exact) mass is 287 g/mol. The Morgan fingerprint density at radius 1 is 1.48 bits per heavy atom. The van der Waals surface area contributed by atoms with Gasteiger partial charge in [0.1, 0.15) is 5.75 Å². The highest BCUT2D eigenvalue weighted by Crippen LogP contribution is 2.18. The normalized spacial score (nSPS) is 14.7. The van der Waals surface area contributed by atoms with Crippen LogP contribution in [-0.2, 0) is 6.54 Å². The Labute approximate surface area is 122 Å². The van der Waals surface area contributed by atoms with Crippen LogP contribution in [0.25, 0.3) is 0 Å². The minimum absolute atomic E-state index is 0.182. The summed E-state index contributed by atoms with van der Waals surface area (Å²) in [6.07, 6.45) is 1.68. The third-order valence-corrected chi connectivity index (χ3v) is 3.61. The van der Waals surface area contributed by atoms with Gasteiger partial charge in [0.15, 0.2) is 5.69 Å². The van der Waals surface area contributed by atoms with Gasteiger partial charge in [0, 0.05) is 32.2 Å². The lowest BCUT2D eigenvalue weighted by atomic mass is 10.2. The summed E-state index contributed by atoms with van der Waals surface area (Å²) < 4.78 is 1.72. The summed E-state index contributed by atoms with van der Waals surface area (Å²) in [6, 6.07) is 7.25. The number of amides is 1. The fraction of sp³-hybridized carbons (Fsp3) is 0.357. The number of carbonyl (C=O) groups excluding carboxylic acids is 1. The number of nitrogens with zero attached hydrogens (tertiary/aromatic N) is 4. The van der Waals surface area contributed by atoms with Gasteiger partial charge in [0.2, 0.25) is 0 Å². The molecule has 7 heteroatoms. The molecule has 21 heavy (non-hydrogen) atoms. The van der Waals surface area contributed by atoms with Crippen molar-refractivity contribution in [3.8, 4) is 5.75 Å². The molecule has 7 nitrogen and oxygen atoms in total. The first-order chi connectivity index (χ1) is 10.1. The lowest BCUT2D eigenvalue weighted by molar-refractivity contribution is 0.0778. The second-order valence-corrected chi connectivity index (χ2v) is 5.19. The van der Waals surface area contributed by atoms with Crippen LogP contribution in [0.3, 0.4) is 0 Å². The number of para-hydroxylation sites is 1. The van der Waals surface area contributed by atoms with E-state index in [2.05, 4.69) is 15.6 Å². The second-order valence-electron chi connectivity index (χ2n) is 5.19. The third kappa shape index (κ3) is 2.73. The van der Waals surface area contributed by atoms with Crippen LogP contribution in [0.5, 0.6) is 5.75 Å². The van der Waals surface area contributed by atoms with E-state index in [1.54, 1.807) is 36.1 Å². The summed E-state index contributed by atoms with van der Waals surface area (Å²) in [5, 5.41) is 20.8. The van der Waals surface area contributed by atoms with E-state index in [0.29, 0.717) is 17.8 Å². The number of carbonyl (C=O) groups is 1. The van der Waals surface area contributed by atoms with E-state index < -0.39 is 0 Å². The second kappa shape index (κ2) is 5.53. The van der Waals surface area contributed by atoms with Gasteiger partial charge in [0.05, 0.1) is 12.2 Å². The zero-order chi connectivity index (χ0) is 14.8. The lowest BCUT2D eigenvalue weighted by Crippen LogP contribution is -2.43. The van der Waals surface area contributed by atoms with Gasteiger partial charge in [-0.3, -0.25) is 4.79 Å². The zero-order valence-corrected chi connectivity index (χ0v) is 11.7. The van der Waals surface area contributed by atoms with Crippen molar-refractivity contribution in [1.82, 2.24) is 25.2 Å². The van der Waals surface area contributed by atoms with Crippen molar-refractivity contribution in [3.63, 3.8) is 0 Å². The molecule has 1 saturated heterocycles. The van der Waals surface area contributed by atoms with Crippen molar-refractivity contribution < 1.29 is 9.90 Å². The summed E-state index contributed by atoms with van der Waals surface area (Å²) in [5.74, 6) is -0.0295. The predicted molar refractivity (Wildman–Crippen MR) is 75.8 cm³/mol. The summed E-state index contributed by atoms with van der Waals surface area (Å²) >= 11 is 0. The van der Waals surface area contributed by atoms with Crippen LogP contribution in [0.15, 0.2) is 30.5 Å². The fourth-order valence-electron chi connectivity index (χ4n) is 2.18. The highest BCUT2D eigenvalue weighted by Gasteiger charge is 2.23. The Morgan fingerprint density at radius 3 is 2.90 bits per heavy atom. The standard InChI is InChI=1S/C14H17N5O2/c1-18(8-10-4-2-3-5-13(10)20)14(21)12-9-19(17-16-12)11-6-15-7-11/h2-5,9,11,15,20H,6-8H2,1H3. The summed E-state index contributed by atoms with van der Waals surface area (Å²) in [4.78, 5) is 13.8. The molecule has 2 aromatic rings. The van der Waals surface area contributed by atoms with Gasteiger partial charge < -0.3 is 15.3 Å². The number of rotatable bonds is 4. The van der Waals surface area contributed by atoms with Crippen LogP contribution >= 0.6 is 0 Å². The number of aromatic hydroxyl groups is 1. The summed E-state index contributed by atoms with van der Waals surface area (Å²) in [6.45, 7) is 2.03. The van der Waals surface area contributed by atoms with Gasteiger partial charge >= 0.3 is 0 Å². The minimum Gasteiger partial charge on any atom is -0.508 e. The smallest absolute Gasteiger partial charge is 0.276 e. The average molecular weight is 287 g/mol.